The summed E-state index contributed by atoms with van der Waals surface area (Å²) >= 11 is 1.52. The Bertz CT molecular complexity index is 368. The van der Waals surface area contributed by atoms with Crippen molar-refractivity contribution in [2.75, 3.05) is 6.54 Å². The first-order chi connectivity index (χ1) is 6.40. The van der Waals surface area contributed by atoms with E-state index in [4.69, 9.17) is 10.2 Å². The molecular weight excluding hydrogens is 186 g/mol. The molecule has 13 heavy (non-hydrogen) atoms. The Morgan fingerprint density at radius 1 is 1.46 bits per heavy atom. The highest BCUT2D eigenvalue weighted by Crippen LogP contribution is 2.23. The van der Waals surface area contributed by atoms with Crippen LogP contribution < -0.4 is 5.73 Å². The van der Waals surface area contributed by atoms with E-state index in [2.05, 4.69) is 10.2 Å². The highest BCUT2D eigenvalue weighted by atomic mass is 32.1. The molecule has 0 unspecified atom stereocenters. The van der Waals surface area contributed by atoms with Crippen molar-refractivity contribution < 1.29 is 4.42 Å². The Balaban J connectivity index is 2.23. The van der Waals surface area contributed by atoms with E-state index < -0.39 is 0 Å². The topological polar surface area (TPSA) is 64.9 Å². The van der Waals surface area contributed by atoms with E-state index in [1.807, 2.05) is 12.1 Å². The maximum Gasteiger partial charge on any atom is 0.183 e. The lowest BCUT2D eigenvalue weighted by Crippen LogP contribution is -2.01. The van der Waals surface area contributed by atoms with Crippen LogP contribution in [0, 0.1) is 0 Å². The number of rotatable bonds is 3. The van der Waals surface area contributed by atoms with Crippen molar-refractivity contribution in [1.29, 1.82) is 0 Å². The van der Waals surface area contributed by atoms with Gasteiger partial charge in [0.25, 0.3) is 0 Å². The Kier molecular flexibility index (Phi) is 2.37. The van der Waals surface area contributed by atoms with Gasteiger partial charge in [0.1, 0.15) is 5.01 Å². The van der Waals surface area contributed by atoms with E-state index in [1.165, 1.54) is 11.3 Å². The number of furan rings is 1. The first-order valence-corrected chi connectivity index (χ1v) is 4.78. The molecule has 5 heteroatoms. The standard InChI is InChI=1S/C8H9N3OS/c9-4-3-7-10-11-8(13-7)6-2-1-5-12-6/h1-2,5H,3-4,9H2. The average Bonchev–Trinajstić information content (AvgIpc) is 2.70. The minimum atomic E-state index is 0.604. The van der Waals surface area contributed by atoms with Crippen LogP contribution in [-0.4, -0.2) is 16.7 Å². The number of hydrogen-bond acceptors (Lipinski definition) is 5. The lowest BCUT2D eigenvalue weighted by atomic mass is 10.5. The summed E-state index contributed by atoms with van der Waals surface area (Å²) < 4.78 is 5.19. The van der Waals surface area contributed by atoms with Crippen LogP contribution in [0.1, 0.15) is 5.01 Å². The van der Waals surface area contributed by atoms with Crippen LogP contribution in [0.5, 0.6) is 0 Å². The first kappa shape index (κ1) is 8.40. The third kappa shape index (κ3) is 1.76. The average molecular weight is 195 g/mol. The minimum absolute atomic E-state index is 0.604. The Morgan fingerprint density at radius 2 is 2.38 bits per heavy atom. The molecule has 0 spiro atoms. The van der Waals surface area contributed by atoms with Gasteiger partial charge in [-0.3, -0.25) is 0 Å². The molecule has 0 bridgehead atoms. The Hall–Kier alpha value is -1.20. The molecule has 0 aromatic carbocycles. The van der Waals surface area contributed by atoms with Gasteiger partial charge in [-0.15, -0.1) is 10.2 Å². The van der Waals surface area contributed by atoms with E-state index in [1.54, 1.807) is 6.26 Å². The molecule has 2 heterocycles. The molecule has 2 rings (SSSR count). The van der Waals surface area contributed by atoms with E-state index in [0.29, 0.717) is 6.54 Å². The zero-order chi connectivity index (χ0) is 9.10. The highest BCUT2D eigenvalue weighted by Gasteiger charge is 2.07. The molecule has 68 valence electrons. The molecule has 0 radical (unpaired) electrons. The molecule has 0 amide bonds. The Labute approximate surface area is 79.4 Å². The SMILES string of the molecule is NCCc1nnc(-c2ccco2)s1. The largest absolute Gasteiger partial charge is 0.462 e. The van der Waals surface area contributed by atoms with Gasteiger partial charge >= 0.3 is 0 Å². The molecule has 2 N–H and O–H groups in total. The van der Waals surface area contributed by atoms with Crippen molar-refractivity contribution in [3.8, 4) is 10.8 Å². The predicted molar refractivity (Wildman–Crippen MR) is 50.4 cm³/mol. The molecule has 4 nitrogen and oxygen atoms in total. The summed E-state index contributed by atoms with van der Waals surface area (Å²) in [5.74, 6) is 0.765. The second kappa shape index (κ2) is 3.68. The van der Waals surface area contributed by atoms with Crippen molar-refractivity contribution in [2.45, 2.75) is 6.42 Å². The van der Waals surface area contributed by atoms with Gasteiger partial charge in [-0.2, -0.15) is 0 Å². The van der Waals surface area contributed by atoms with E-state index in [9.17, 15) is 0 Å². The van der Waals surface area contributed by atoms with Gasteiger partial charge in [0.2, 0.25) is 0 Å². The summed E-state index contributed by atoms with van der Waals surface area (Å²) in [7, 11) is 0. The van der Waals surface area contributed by atoms with Crippen molar-refractivity contribution in [2.24, 2.45) is 5.73 Å². The van der Waals surface area contributed by atoms with Crippen LogP contribution in [0.3, 0.4) is 0 Å². The highest BCUT2D eigenvalue weighted by molar-refractivity contribution is 7.14. The van der Waals surface area contributed by atoms with E-state index in [-0.39, 0.29) is 0 Å². The summed E-state index contributed by atoms with van der Waals surface area (Å²) in [6, 6.07) is 3.70. The smallest absolute Gasteiger partial charge is 0.183 e. The molecule has 2 aromatic heterocycles. The summed E-state index contributed by atoms with van der Waals surface area (Å²) in [5, 5.41) is 9.75. The van der Waals surface area contributed by atoms with Crippen LogP contribution in [-0.2, 0) is 6.42 Å². The van der Waals surface area contributed by atoms with Gasteiger partial charge in [0, 0.05) is 6.42 Å². The molecule has 0 aliphatic rings. The monoisotopic (exact) mass is 195 g/mol. The molecule has 0 saturated carbocycles. The van der Waals surface area contributed by atoms with Gasteiger partial charge in [-0.25, -0.2) is 0 Å². The second-order valence-electron chi connectivity index (χ2n) is 2.52. The molecule has 0 atom stereocenters. The van der Waals surface area contributed by atoms with Crippen LogP contribution >= 0.6 is 11.3 Å². The summed E-state index contributed by atoms with van der Waals surface area (Å²) in [4.78, 5) is 0. The third-order valence-electron chi connectivity index (χ3n) is 1.56. The second-order valence-corrected chi connectivity index (χ2v) is 3.58. The predicted octanol–water partition coefficient (Wildman–Crippen LogP) is 1.30. The van der Waals surface area contributed by atoms with Crippen LogP contribution in [0.2, 0.25) is 0 Å². The summed E-state index contributed by atoms with van der Waals surface area (Å²) in [5.41, 5.74) is 5.40. The minimum Gasteiger partial charge on any atom is -0.462 e. The molecule has 0 aliphatic heterocycles. The van der Waals surface area contributed by atoms with E-state index >= 15 is 0 Å². The van der Waals surface area contributed by atoms with Gasteiger partial charge in [-0.1, -0.05) is 11.3 Å². The molecule has 0 aliphatic carbocycles. The number of hydrogen-bond donors (Lipinski definition) is 1. The van der Waals surface area contributed by atoms with Crippen LogP contribution in [0.25, 0.3) is 10.8 Å². The van der Waals surface area contributed by atoms with Crippen LogP contribution in [0.15, 0.2) is 22.8 Å². The van der Waals surface area contributed by atoms with Gasteiger partial charge < -0.3 is 10.2 Å². The van der Waals surface area contributed by atoms with Crippen molar-refractivity contribution in [1.82, 2.24) is 10.2 Å². The normalized spacial score (nSPS) is 10.5. The quantitative estimate of drug-likeness (QED) is 0.801. The fourth-order valence-electron chi connectivity index (χ4n) is 0.978. The van der Waals surface area contributed by atoms with Gasteiger partial charge in [0.05, 0.1) is 6.26 Å². The van der Waals surface area contributed by atoms with Crippen molar-refractivity contribution in [3.63, 3.8) is 0 Å². The fourth-order valence-corrected chi connectivity index (χ4v) is 1.80. The van der Waals surface area contributed by atoms with Gasteiger partial charge in [-0.05, 0) is 18.7 Å². The maximum atomic E-state index is 5.40. The zero-order valence-electron chi connectivity index (χ0n) is 6.93. The Morgan fingerprint density at radius 3 is 3.08 bits per heavy atom. The number of nitrogens with two attached hydrogens (primary N) is 1. The van der Waals surface area contributed by atoms with E-state index in [0.717, 1.165) is 22.2 Å². The zero-order valence-corrected chi connectivity index (χ0v) is 7.75. The number of nitrogens with zero attached hydrogens (tertiary/aromatic N) is 2. The molecule has 0 saturated heterocycles. The molecule has 0 fully saturated rings. The molecular formula is C8H9N3OS. The van der Waals surface area contributed by atoms with Gasteiger partial charge in [0.15, 0.2) is 10.8 Å². The number of aromatic nitrogens is 2. The van der Waals surface area contributed by atoms with Crippen molar-refractivity contribution in [3.05, 3.63) is 23.4 Å². The lowest BCUT2D eigenvalue weighted by Gasteiger charge is -1.85. The third-order valence-corrected chi connectivity index (χ3v) is 2.55. The molecule has 2 aromatic rings. The summed E-state index contributed by atoms with van der Waals surface area (Å²) in [6.07, 6.45) is 2.40. The first-order valence-electron chi connectivity index (χ1n) is 3.96. The lowest BCUT2D eigenvalue weighted by molar-refractivity contribution is 0.581. The van der Waals surface area contributed by atoms with Crippen molar-refractivity contribution >= 4 is 11.3 Å². The fraction of sp³-hybridized carbons (Fsp3) is 0.250. The van der Waals surface area contributed by atoms with Crippen LogP contribution in [0.4, 0.5) is 0 Å². The summed E-state index contributed by atoms with van der Waals surface area (Å²) in [6.45, 7) is 0.604. The maximum absolute atomic E-state index is 5.40.